The number of rotatable bonds is 5. The minimum absolute atomic E-state index is 0.0231. The van der Waals surface area contributed by atoms with Crippen LogP contribution in [0.3, 0.4) is 0 Å². The molecule has 0 radical (unpaired) electrons. The van der Waals surface area contributed by atoms with E-state index in [-0.39, 0.29) is 5.69 Å². The van der Waals surface area contributed by atoms with Gasteiger partial charge in [-0.3, -0.25) is 5.10 Å². The minimum Gasteiger partial charge on any atom is -0.492 e. The Morgan fingerprint density at radius 1 is 1.30 bits per heavy atom. The Labute approximate surface area is 120 Å². The van der Waals surface area contributed by atoms with Crippen LogP contribution in [0.1, 0.15) is 10.5 Å². The zero-order valence-corrected chi connectivity index (χ0v) is 12.1. The fourth-order valence-electron chi connectivity index (χ4n) is 1.87. The molecular weight excluding hydrogens is 280 g/mol. The average molecular weight is 294 g/mol. The lowest BCUT2D eigenvalue weighted by molar-refractivity contribution is 0.0690. The van der Waals surface area contributed by atoms with Crippen LogP contribution in [-0.2, 0) is 0 Å². The molecule has 0 spiro atoms. The highest BCUT2D eigenvalue weighted by molar-refractivity contribution is 7.98. The molecule has 106 valence electrons. The summed E-state index contributed by atoms with van der Waals surface area (Å²) in [6.07, 6.45) is 1.94. The lowest BCUT2D eigenvalue weighted by Gasteiger charge is -2.14. The summed E-state index contributed by atoms with van der Waals surface area (Å²) in [6.45, 7) is 0. The average Bonchev–Trinajstić information content (AvgIpc) is 2.95. The van der Waals surface area contributed by atoms with Crippen molar-refractivity contribution in [1.82, 2.24) is 10.2 Å². The summed E-state index contributed by atoms with van der Waals surface area (Å²) in [5, 5.41) is 15.4. The number of carboxylic acids is 1. The number of benzene rings is 1. The van der Waals surface area contributed by atoms with Gasteiger partial charge in [0.1, 0.15) is 5.69 Å². The molecule has 0 amide bonds. The molecule has 1 aromatic heterocycles. The number of aromatic nitrogens is 2. The summed E-state index contributed by atoms with van der Waals surface area (Å²) in [4.78, 5) is 11.8. The fourth-order valence-corrected chi connectivity index (χ4v) is 2.44. The van der Waals surface area contributed by atoms with Gasteiger partial charge < -0.3 is 14.6 Å². The quantitative estimate of drug-likeness (QED) is 0.824. The lowest BCUT2D eigenvalue weighted by Crippen LogP contribution is -1.95. The summed E-state index contributed by atoms with van der Waals surface area (Å²) in [5.41, 5.74) is 1.19. The van der Waals surface area contributed by atoms with E-state index in [0.29, 0.717) is 22.8 Å². The number of thioether (sulfide) groups is 1. The molecule has 0 aliphatic rings. The van der Waals surface area contributed by atoms with Crippen molar-refractivity contribution in [3.8, 4) is 22.8 Å². The van der Waals surface area contributed by atoms with Crippen LogP contribution >= 0.6 is 11.8 Å². The maximum Gasteiger partial charge on any atom is 0.353 e. The number of H-pyrrole nitrogens is 1. The van der Waals surface area contributed by atoms with Gasteiger partial charge in [-0.1, -0.05) is 0 Å². The zero-order chi connectivity index (χ0) is 14.7. The van der Waals surface area contributed by atoms with Gasteiger partial charge in [-0.15, -0.1) is 11.8 Å². The molecule has 7 heteroatoms. The number of carbonyl (C=O) groups is 1. The van der Waals surface area contributed by atoms with Gasteiger partial charge in [0.05, 0.1) is 24.8 Å². The van der Waals surface area contributed by atoms with E-state index in [1.54, 1.807) is 7.11 Å². The summed E-state index contributed by atoms with van der Waals surface area (Å²) < 4.78 is 10.8. The number of methoxy groups -OCH3 is 2. The van der Waals surface area contributed by atoms with Crippen LogP contribution in [0.15, 0.2) is 23.1 Å². The monoisotopic (exact) mass is 294 g/mol. The molecule has 2 rings (SSSR count). The maximum atomic E-state index is 10.9. The van der Waals surface area contributed by atoms with E-state index in [2.05, 4.69) is 10.2 Å². The Kier molecular flexibility index (Phi) is 4.19. The van der Waals surface area contributed by atoms with E-state index in [4.69, 9.17) is 14.6 Å². The Balaban J connectivity index is 2.58. The number of nitrogens with one attached hydrogen (secondary N) is 1. The number of aromatic amines is 1. The van der Waals surface area contributed by atoms with Crippen molar-refractivity contribution in [1.29, 1.82) is 0 Å². The van der Waals surface area contributed by atoms with Crippen LogP contribution in [-0.4, -0.2) is 41.7 Å². The molecule has 20 heavy (non-hydrogen) atoms. The second-order valence-corrected chi connectivity index (χ2v) is 4.70. The van der Waals surface area contributed by atoms with Crippen molar-refractivity contribution in [3.05, 3.63) is 23.9 Å². The summed E-state index contributed by atoms with van der Waals surface area (Å²) in [7, 11) is 3.10. The number of hydrogen-bond donors (Lipinski definition) is 2. The number of ether oxygens (including phenoxy) is 2. The first-order valence-corrected chi connectivity index (χ1v) is 6.92. The third-order valence-corrected chi connectivity index (χ3v) is 3.55. The normalized spacial score (nSPS) is 10.3. The van der Waals surface area contributed by atoms with Crippen molar-refractivity contribution in [2.75, 3.05) is 20.5 Å². The van der Waals surface area contributed by atoms with Gasteiger partial charge in [0, 0.05) is 5.56 Å². The van der Waals surface area contributed by atoms with E-state index >= 15 is 0 Å². The summed E-state index contributed by atoms with van der Waals surface area (Å²) in [5.74, 6) is 0.0792. The van der Waals surface area contributed by atoms with Gasteiger partial charge >= 0.3 is 5.97 Å². The van der Waals surface area contributed by atoms with Gasteiger partial charge in [0.15, 0.2) is 11.5 Å². The molecule has 0 aliphatic heterocycles. The second kappa shape index (κ2) is 5.87. The molecule has 6 nitrogen and oxygen atoms in total. The van der Waals surface area contributed by atoms with Crippen molar-refractivity contribution in [2.24, 2.45) is 0 Å². The van der Waals surface area contributed by atoms with Crippen LogP contribution in [0.4, 0.5) is 0 Å². The number of carboxylic acid groups (broad SMARTS) is 1. The van der Waals surface area contributed by atoms with Crippen molar-refractivity contribution >= 4 is 17.7 Å². The molecule has 2 N–H and O–H groups in total. The maximum absolute atomic E-state index is 10.9. The predicted octanol–water partition coefficient (Wildman–Crippen LogP) is 2.51. The molecule has 1 heterocycles. The van der Waals surface area contributed by atoms with Crippen LogP contribution < -0.4 is 9.47 Å². The van der Waals surface area contributed by atoms with Crippen LogP contribution in [0.2, 0.25) is 0 Å². The number of hydrogen-bond acceptors (Lipinski definition) is 5. The van der Waals surface area contributed by atoms with E-state index in [0.717, 1.165) is 4.90 Å². The summed E-state index contributed by atoms with van der Waals surface area (Å²) >= 11 is 1.54. The Hall–Kier alpha value is -2.15. The van der Waals surface area contributed by atoms with Crippen LogP contribution in [0.5, 0.6) is 11.5 Å². The van der Waals surface area contributed by atoms with Crippen molar-refractivity contribution < 1.29 is 19.4 Å². The topological polar surface area (TPSA) is 84.4 Å². The molecule has 0 saturated carbocycles. The molecule has 0 unspecified atom stereocenters. The molecule has 2 aromatic rings. The largest absolute Gasteiger partial charge is 0.492 e. The highest BCUT2D eigenvalue weighted by Crippen LogP contribution is 2.43. The molecule has 0 bridgehead atoms. The third-order valence-electron chi connectivity index (χ3n) is 2.79. The minimum atomic E-state index is -1.06. The molecule has 0 saturated heterocycles. The number of aromatic carboxylic acids is 1. The Morgan fingerprint density at radius 3 is 2.50 bits per heavy atom. The van der Waals surface area contributed by atoms with Crippen LogP contribution in [0.25, 0.3) is 11.3 Å². The molecule has 1 aromatic carbocycles. The zero-order valence-electron chi connectivity index (χ0n) is 11.3. The third kappa shape index (κ3) is 2.44. The van der Waals surface area contributed by atoms with Gasteiger partial charge in [-0.2, -0.15) is 5.10 Å². The number of nitrogens with zero attached hydrogens (tertiary/aromatic N) is 1. The van der Waals surface area contributed by atoms with Crippen LogP contribution in [0, 0.1) is 0 Å². The standard InChI is InChI=1S/C13H14N2O4S/c1-18-11-7(4-5-10(20-3)12(11)19-2)8-6-9(13(16)17)15-14-8/h4-6H,1-3H3,(H,14,15)(H,16,17). The predicted molar refractivity (Wildman–Crippen MR) is 75.9 cm³/mol. The molecule has 0 fully saturated rings. The molecule has 0 atom stereocenters. The van der Waals surface area contributed by atoms with Crippen molar-refractivity contribution in [3.63, 3.8) is 0 Å². The SMILES string of the molecule is COc1c(SC)ccc(-c2cc(C(=O)O)[nH]n2)c1OC. The molecule has 0 aliphatic carbocycles. The van der Waals surface area contributed by atoms with Gasteiger partial charge in [0.2, 0.25) is 0 Å². The second-order valence-electron chi connectivity index (χ2n) is 3.85. The lowest BCUT2D eigenvalue weighted by atomic mass is 10.1. The smallest absolute Gasteiger partial charge is 0.353 e. The van der Waals surface area contributed by atoms with Crippen molar-refractivity contribution in [2.45, 2.75) is 4.90 Å². The highest BCUT2D eigenvalue weighted by Gasteiger charge is 2.18. The van der Waals surface area contributed by atoms with E-state index in [1.165, 1.54) is 24.9 Å². The van der Waals surface area contributed by atoms with E-state index in [9.17, 15) is 4.79 Å². The first-order chi connectivity index (χ1) is 9.62. The summed E-state index contributed by atoms with van der Waals surface area (Å²) in [6, 6.07) is 5.17. The van der Waals surface area contributed by atoms with E-state index < -0.39 is 5.97 Å². The Morgan fingerprint density at radius 2 is 2.00 bits per heavy atom. The Bertz CT molecular complexity index is 639. The first kappa shape index (κ1) is 14.3. The highest BCUT2D eigenvalue weighted by atomic mass is 32.2. The fraction of sp³-hybridized carbons (Fsp3) is 0.231. The molecular formula is C13H14N2O4S. The van der Waals surface area contributed by atoms with Gasteiger partial charge in [-0.25, -0.2) is 4.79 Å². The van der Waals surface area contributed by atoms with Gasteiger partial charge in [-0.05, 0) is 24.5 Å². The van der Waals surface area contributed by atoms with E-state index in [1.807, 2.05) is 18.4 Å². The first-order valence-electron chi connectivity index (χ1n) is 5.70. The van der Waals surface area contributed by atoms with Gasteiger partial charge in [0.25, 0.3) is 0 Å².